The third-order valence-electron chi connectivity index (χ3n) is 11.6. The molecule has 2 atom stereocenters. The molecule has 1 aliphatic carbocycles. The summed E-state index contributed by atoms with van der Waals surface area (Å²) in [5.74, 6) is -2.73. The maximum atomic E-state index is 14.0. The first-order chi connectivity index (χ1) is 29.6. The Bertz CT molecular complexity index is 2520. The lowest BCUT2D eigenvalue weighted by molar-refractivity contribution is -0.438. The first kappa shape index (κ1) is 42.5. The smallest absolute Gasteiger partial charge is 0.335 e. The van der Waals surface area contributed by atoms with E-state index in [4.69, 9.17) is 6.69 Å². The Kier molecular flexibility index (Phi) is 12.5. The van der Waals surface area contributed by atoms with Crippen LogP contribution in [0.15, 0.2) is 87.8 Å². The molecule has 18 heteroatoms. The van der Waals surface area contributed by atoms with E-state index in [0.29, 0.717) is 73.5 Å². The highest BCUT2D eigenvalue weighted by atomic mass is 32.2. The van der Waals surface area contributed by atoms with Crippen LogP contribution in [0.25, 0.3) is 1.43 Å². The Morgan fingerprint density at radius 3 is 2.31 bits per heavy atom. The number of amides is 2. The van der Waals surface area contributed by atoms with Gasteiger partial charge < -0.3 is 25.7 Å². The first-order valence-corrected chi connectivity index (χ1v) is 22.2. The van der Waals surface area contributed by atoms with Crippen LogP contribution in [0, 0.1) is 5.92 Å². The molecule has 6 N–H and O–H groups in total. The number of fused-ring (bicyclic) bond motifs is 14. The summed E-state index contributed by atoms with van der Waals surface area (Å²) in [6, 6.07) is 14.2. The van der Waals surface area contributed by atoms with Crippen molar-refractivity contribution in [3.8, 4) is 0 Å². The number of carbonyl (C=O) groups is 4. The predicted octanol–water partition coefficient (Wildman–Crippen LogP) is 6.58. The minimum Gasteiger partial charge on any atom is -0.478 e. The lowest BCUT2D eigenvalue weighted by atomic mass is 9.72. The number of Topliss-reactive ketones (excluding diaryl/α,β-unsaturated/α-hetero) is 1. The number of carbonyl (C=O) groups excluding carboxylic acids is 3. The van der Waals surface area contributed by atoms with Crippen molar-refractivity contribution in [1.82, 2.24) is 0 Å². The van der Waals surface area contributed by atoms with Crippen LogP contribution < -0.4 is 15.5 Å². The van der Waals surface area contributed by atoms with Crippen molar-refractivity contribution >= 4 is 74.2 Å². The lowest BCUT2D eigenvalue weighted by Crippen LogP contribution is -2.45. The Morgan fingerprint density at radius 1 is 0.951 bits per heavy atom. The predicted molar refractivity (Wildman–Crippen MR) is 225 cm³/mol. The number of aliphatic hydroxyl groups excluding tert-OH is 1. The maximum Gasteiger partial charge on any atom is 0.335 e. The number of aromatic carboxylic acids is 1. The Balaban J connectivity index is 1.21. The molecule has 4 heterocycles. The van der Waals surface area contributed by atoms with E-state index in [1.54, 1.807) is 24.3 Å². The highest BCUT2D eigenvalue weighted by molar-refractivity contribution is 7.94. The van der Waals surface area contributed by atoms with E-state index in [-0.39, 0.29) is 64.3 Å². The minimum atomic E-state index is -4.48. The van der Waals surface area contributed by atoms with Gasteiger partial charge in [-0.05, 0) is 93.6 Å². The molecule has 4 aliphatic heterocycles. The standard InChI is InChI=1S/C43H46N4O12S2/c1-43(2)34-23-30(60-59-58-54)11-13-36(34)47-16-8-4-6-10-39(49)45-28-18-26(42(52)53)17-27(21-28)44-38(48)9-5-3-7-15-46-29(22-32-40(50)33(41(32)51)24-37(43)47)19-25-20-31(61(55,56)57)12-14-35(25)46/h11-14,17-18,20-24,32,40,50H,3-10,15-16,19H2,1-2H3,(H4-,44,45,48,49,52,53,54,55,56,57)/p+1/i/hD. The number of rotatable bonds is 5. The van der Waals surface area contributed by atoms with E-state index in [1.165, 1.54) is 30.3 Å². The second-order valence-corrected chi connectivity index (χ2v) is 18.3. The van der Waals surface area contributed by atoms with Crippen LogP contribution in [0.5, 0.6) is 0 Å². The normalized spacial score (nSPS) is 21.4. The summed E-state index contributed by atoms with van der Waals surface area (Å²) >= 11 is 0.825. The lowest BCUT2D eigenvalue weighted by Gasteiger charge is -2.33. The van der Waals surface area contributed by atoms with Gasteiger partial charge >= 0.3 is 5.97 Å². The minimum absolute atomic E-state index is 0.0256. The fraction of sp³-hybridized carbons (Fsp3) is 0.372. The molecule has 0 radical (unpaired) electrons. The summed E-state index contributed by atoms with van der Waals surface area (Å²) in [4.78, 5) is 54.8. The second-order valence-electron chi connectivity index (χ2n) is 16.1. The Morgan fingerprint density at radius 2 is 1.66 bits per heavy atom. The maximum absolute atomic E-state index is 14.0. The number of hydrogen-bond donors (Lipinski definition) is 6. The van der Waals surface area contributed by atoms with Gasteiger partial charge in [0, 0.05) is 83.2 Å². The highest BCUT2D eigenvalue weighted by Gasteiger charge is 2.49. The first-order valence-electron chi connectivity index (χ1n) is 20.4. The fourth-order valence-electron chi connectivity index (χ4n) is 8.51. The van der Waals surface area contributed by atoms with E-state index >= 15 is 0 Å². The molecule has 322 valence electrons. The van der Waals surface area contributed by atoms with Crippen LogP contribution in [0.4, 0.5) is 22.7 Å². The van der Waals surface area contributed by atoms with Crippen molar-refractivity contribution in [3.05, 3.63) is 94.7 Å². The zero-order valence-corrected chi connectivity index (χ0v) is 35.1. The number of carboxylic acids is 1. The van der Waals surface area contributed by atoms with Gasteiger partial charge in [0.2, 0.25) is 17.5 Å². The van der Waals surface area contributed by atoms with Gasteiger partial charge in [-0.15, -0.1) is 4.33 Å². The summed E-state index contributed by atoms with van der Waals surface area (Å²) < 4.78 is 47.7. The number of carboxylic acid groups (broad SMARTS) is 1. The number of benzene rings is 3. The fourth-order valence-corrected chi connectivity index (χ4v) is 9.44. The van der Waals surface area contributed by atoms with Crippen molar-refractivity contribution in [2.75, 3.05) is 28.6 Å². The molecule has 0 spiro atoms. The van der Waals surface area contributed by atoms with Gasteiger partial charge in [0.15, 0.2) is 11.5 Å². The summed E-state index contributed by atoms with van der Waals surface area (Å²) in [6.07, 6.45) is 6.41. The second kappa shape index (κ2) is 18.0. The zero-order valence-electron chi connectivity index (χ0n) is 34.5. The van der Waals surface area contributed by atoms with Crippen LogP contribution in [-0.4, -0.2) is 81.5 Å². The van der Waals surface area contributed by atoms with Crippen molar-refractivity contribution in [2.45, 2.75) is 92.9 Å². The molecule has 8 rings (SSSR count). The van der Waals surface area contributed by atoms with E-state index in [9.17, 15) is 37.3 Å². The number of hydrogen-bond acceptors (Lipinski definition) is 13. The van der Waals surface area contributed by atoms with Gasteiger partial charge in [-0.1, -0.05) is 17.5 Å². The van der Waals surface area contributed by atoms with E-state index in [2.05, 4.69) is 29.7 Å². The average Bonchev–Trinajstić information content (AvgIpc) is 3.68. The van der Waals surface area contributed by atoms with Gasteiger partial charge in [0.05, 0.1) is 39.9 Å². The van der Waals surface area contributed by atoms with Gasteiger partial charge in [-0.2, -0.15) is 13.0 Å². The summed E-state index contributed by atoms with van der Waals surface area (Å²) in [7, 11) is -4.48. The van der Waals surface area contributed by atoms with Crippen LogP contribution in [0.3, 0.4) is 0 Å². The zero-order chi connectivity index (χ0) is 44.3. The van der Waals surface area contributed by atoms with Crippen molar-refractivity contribution in [2.24, 2.45) is 5.92 Å². The monoisotopic (exact) mass is 876 g/mol. The third kappa shape index (κ3) is 9.50. The molecule has 2 unspecified atom stereocenters. The number of nitrogens with zero attached hydrogens (tertiary/aromatic N) is 2. The summed E-state index contributed by atoms with van der Waals surface area (Å²) in [5, 5.41) is 33.9. The molecule has 1 fully saturated rings. The molecule has 5 aliphatic rings. The van der Waals surface area contributed by atoms with Gasteiger partial charge in [0.1, 0.15) is 6.54 Å². The molecule has 61 heavy (non-hydrogen) atoms. The average molecular weight is 877 g/mol. The molecule has 0 saturated heterocycles. The van der Waals surface area contributed by atoms with Crippen molar-refractivity contribution in [1.29, 1.82) is 1.43 Å². The molecular weight excluding hydrogens is 829 g/mol. The number of aliphatic hydroxyl groups is 1. The van der Waals surface area contributed by atoms with Crippen LogP contribution in [0.2, 0.25) is 0 Å². The molecule has 16 nitrogen and oxygen atoms in total. The molecule has 2 amide bonds. The Hall–Kier alpha value is -5.21. The molecule has 0 aromatic heterocycles. The molecular formula is C43H47N4O12S2+. The molecule has 4 bridgehead atoms. The molecule has 1 saturated carbocycles. The highest BCUT2D eigenvalue weighted by Crippen LogP contribution is 2.45. The molecule has 3 aromatic rings. The summed E-state index contributed by atoms with van der Waals surface area (Å²) in [6.45, 7) is 4.98. The Labute approximate surface area is 358 Å². The van der Waals surface area contributed by atoms with Gasteiger partial charge in [-0.25, -0.2) is 10.1 Å². The van der Waals surface area contributed by atoms with E-state index < -0.39 is 33.5 Å². The van der Waals surface area contributed by atoms with Crippen molar-refractivity contribution < 1.29 is 61.6 Å². The number of ketones is 1. The molecule has 3 aromatic carbocycles. The van der Waals surface area contributed by atoms with Crippen molar-refractivity contribution in [3.63, 3.8) is 0 Å². The van der Waals surface area contributed by atoms with Crippen LogP contribution >= 0.6 is 12.0 Å². The number of nitrogens with one attached hydrogen (secondary N) is 2. The topological polar surface area (TPSA) is 232 Å². The SMILES string of the molecule is [2H]OC(=O)c1cc2cc(c1)NC(=O)CCCCC[N+]1=C(C=C3C(=O)C(C=C4Cc5cc(S(=O)(=O)O)ccc5N4CCCCCC(=O)N2)C3O)C(C)(C)c2cc(SOOO)ccc21. The van der Waals surface area contributed by atoms with Gasteiger partial charge in [-0.3, -0.25) is 18.9 Å². The van der Waals surface area contributed by atoms with E-state index in [1.807, 2.05) is 30.9 Å². The number of anilines is 3. The largest absolute Gasteiger partial charge is 0.478 e. The van der Waals surface area contributed by atoms with Crippen LogP contribution in [-0.2, 0) is 45.7 Å². The quantitative estimate of drug-likeness (QED) is 0.0523. The number of allylic oxidation sites excluding steroid dienone is 2. The van der Waals surface area contributed by atoms with E-state index in [0.717, 1.165) is 29.0 Å². The third-order valence-corrected chi connectivity index (χ3v) is 13.0. The van der Waals surface area contributed by atoms with Gasteiger partial charge in [0.25, 0.3) is 11.5 Å². The summed E-state index contributed by atoms with van der Waals surface area (Å²) in [5.41, 5.74) is 4.65. The van der Waals surface area contributed by atoms with Crippen LogP contribution in [0.1, 0.15) is 86.7 Å².